The first-order chi connectivity index (χ1) is 15.0. The molecule has 2 aromatic carbocycles. The number of nitrogens with one attached hydrogen (secondary N) is 1. The van der Waals surface area contributed by atoms with E-state index in [9.17, 15) is 9.59 Å². The van der Waals surface area contributed by atoms with E-state index in [1.807, 2.05) is 62.4 Å². The van der Waals surface area contributed by atoms with Gasteiger partial charge >= 0.3 is 6.03 Å². The number of aryl methyl sites for hydroxylation is 2. The Hall–Kier alpha value is -2.96. The van der Waals surface area contributed by atoms with Crippen LogP contribution in [-0.2, 0) is 23.3 Å². The van der Waals surface area contributed by atoms with Crippen LogP contribution < -0.4 is 5.32 Å². The molecule has 1 aromatic heterocycles. The van der Waals surface area contributed by atoms with E-state index in [0.29, 0.717) is 6.67 Å². The Labute approximate surface area is 186 Å². The summed E-state index contributed by atoms with van der Waals surface area (Å²) >= 11 is 1.78. The number of amides is 3. The summed E-state index contributed by atoms with van der Waals surface area (Å²) < 4.78 is 0. The fourth-order valence-electron chi connectivity index (χ4n) is 4.55. The molecule has 31 heavy (non-hydrogen) atoms. The maximum Gasteiger partial charge on any atom is 0.326 e. The van der Waals surface area contributed by atoms with Gasteiger partial charge in [0, 0.05) is 18.0 Å². The summed E-state index contributed by atoms with van der Waals surface area (Å²) in [5, 5.41) is 5.18. The number of carbonyl (C=O) groups is 2. The summed E-state index contributed by atoms with van der Waals surface area (Å²) in [7, 11) is 0. The zero-order valence-electron chi connectivity index (χ0n) is 17.7. The fourth-order valence-corrected chi connectivity index (χ4v) is 5.44. The number of carbonyl (C=O) groups excluding carboxylic acids is 2. The molecule has 5 rings (SSSR count). The predicted molar refractivity (Wildman–Crippen MR) is 122 cm³/mol. The molecular formula is C25H25N3O2S. The minimum absolute atomic E-state index is 0.219. The van der Waals surface area contributed by atoms with Crippen molar-refractivity contribution in [3.8, 4) is 0 Å². The van der Waals surface area contributed by atoms with Gasteiger partial charge in [-0.15, -0.1) is 11.3 Å². The Bertz CT molecular complexity index is 1160. The van der Waals surface area contributed by atoms with Crippen molar-refractivity contribution in [2.45, 2.75) is 32.4 Å². The van der Waals surface area contributed by atoms with Gasteiger partial charge in [0.1, 0.15) is 0 Å². The molecular weight excluding hydrogens is 406 g/mol. The molecule has 1 N–H and O–H groups in total. The predicted octanol–water partition coefficient (Wildman–Crippen LogP) is 4.18. The first-order valence-corrected chi connectivity index (χ1v) is 11.4. The third-order valence-corrected chi connectivity index (χ3v) is 7.50. The molecule has 1 atom stereocenters. The second-order valence-electron chi connectivity index (χ2n) is 8.39. The lowest BCUT2D eigenvalue weighted by atomic mass is 9.81. The lowest BCUT2D eigenvalue weighted by molar-refractivity contribution is -0.131. The lowest BCUT2D eigenvalue weighted by Crippen LogP contribution is -2.47. The van der Waals surface area contributed by atoms with E-state index in [1.165, 1.54) is 15.3 Å². The van der Waals surface area contributed by atoms with Gasteiger partial charge in [0.25, 0.3) is 5.91 Å². The normalized spacial score (nSPS) is 21.3. The van der Waals surface area contributed by atoms with Crippen LogP contribution in [0.3, 0.4) is 0 Å². The van der Waals surface area contributed by atoms with Crippen molar-refractivity contribution in [3.05, 3.63) is 92.7 Å². The molecule has 158 valence electrons. The minimum atomic E-state index is -1.21. The van der Waals surface area contributed by atoms with Gasteiger partial charge in [0.2, 0.25) is 0 Å². The molecule has 3 aromatic rings. The van der Waals surface area contributed by atoms with E-state index in [1.54, 1.807) is 11.3 Å². The highest BCUT2D eigenvalue weighted by atomic mass is 32.1. The summed E-state index contributed by atoms with van der Waals surface area (Å²) in [6.45, 7) is 5.97. The molecule has 2 aliphatic heterocycles. The zero-order valence-corrected chi connectivity index (χ0v) is 18.5. The molecule has 5 nitrogen and oxygen atoms in total. The summed E-state index contributed by atoms with van der Waals surface area (Å²) in [4.78, 5) is 32.0. The molecule has 2 aliphatic rings. The second kappa shape index (κ2) is 7.62. The van der Waals surface area contributed by atoms with Crippen molar-refractivity contribution in [1.29, 1.82) is 0 Å². The van der Waals surface area contributed by atoms with Crippen molar-refractivity contribution in [3.63, 3.8) is 0 Å². The number of hydrogen-bond donors (Lipinski definition) is 1. The van der Waals surface area contributed by atoms with Crippen LogP contribution in [-0.4, -0.2) is 35.0 Å². The monoisotopic (exact) mass is 431 g/mol. The van der Waals surface area contributed by atoms with Gasteiger partial charge in [-0.1, -0.05) is 48.5 Å². The first kappa shape index (κ1) is 20.0. The summed E-state index contributed by atoms with van der Waals surface area (Å²) in [5.74, 6) is -0.219. The fraction of sp³-hybridized carbons (Fsp3) is 0.280. The molecule has 0 aliphatic carbocycles. The van der Waals surface area contributed by atoms with E-state index in [-0.39, 0.29) is 11.9 Å². The van der Waals surface area contributed by atoms with Crippen LogP contribution in [0.2, 0.25) is 0 Å². The number of rotatable bonds is 4. The molecule has 0 radical (unpaired) electrons. The minimum Gasteiger partial charge on any atom is -0.315 e. The van der Waals surface area contributed by atoms with Gasteiger partial charge in [-0.25, -0.2) is 9.69 Å². The lowest BCUT2D eigenvalue weighted by Gasteiger charge is -2.31. The van der Waals surface area contributed by atoms with Crippen LogP contribution in [0.4, 0.5) is 4.79 Å². The molecule has 0 saturated carbocycles. The Balaban J connectivity index is 1.52. The number of thiophene rings is 1. The highest BCUT2D eigenvalue weighted by Gasteiger charge is 2.54. The summed E-state index contributed by atoms with van der Waals surface area (Å²) in [5.41, 5.74) is 3.90. The van der Waals surface area contributed by atoms with Gasteiger partial charge in [-0.05, 0) is 59.5 Å². The van der Waals surface area contributed by atoms with E-state index in [4.69, 9.17) is 0 Å². The molecule has 3 heterocycles. The number of fused-ring (bicyclic) bond motifs is 1. The van der Waals surface area contributed by atoms with Gasteiger partial charge in [-0.2, -0.15) is 0 Å². The third-order valence-electron chi connectivity index (χ3n) is 6.48. The van der Waals surface area contributed by atoms with Gasteiger partial charge in [-0.3, -0.25) is 9.69 Å². The molecule has 6 heteroatoms. The quantitative estimate of drug-likeness (QED) is 0.631. The van der Waals surface area contributed by atoms with Crippen LogP contribution in [0.15, 0.2) is 60.0 Å². The van der Waals surface area contributed by atoms with Crippen molar-refractivity contribution < 1.29 is 9.59 Å². The van der Waals surface area contributed by atoms with Crippen LogP contribution in [0.25, 0.3) is 0 Å². The average Bonchev–Trinajstić information content (AvgIpc) is 3.34. The molecule has 0 spiro atoms. The molecule has 0 unspecified atom stereocenters. The zero-order chi connectivity index (χ0) is 21.6. The molecule has 1 fully saturated rings. The maximum absolute atomic E-state index is 13.9. The van der Waals surface area contributed by atoms with Crippen LogP contribution in [0.1, 0.15) is 32.7 Å². The number of urea groups is 1. The van der Waals surface area contributed by atoms with Crippen molar-refractivity contribution in [2.75, 3.05) is 13.2 Å². The van der Waals surface area contributed by atoms with E-state index < -0.39 is 5.54 Å². The largest absolute Gasteiger partial charge is 0.326 e. The van der Waals surface area contributed by atoms with Crippen molar-refractivity contribution >= 4 is 23.3 Å². The number of imide groups is 1. The molecule has 1 saturated heterocycles. The maximum atomic E-state index is 13.9. The van der Waals surface area contributed by atoms with E-state index in [2.05, 4.69) is 21.7 Å². The topological polar surface area (TPSA) is 52.7 Å². The standard InChI is InChI=1S/C25H25N3O2S/c1-17-8-9-21(14-18(17)2)25(20-6-4-3-5-7-20)23(29)28(24(30)26-25)16-27-12-10-22-19(15-27)11-13-31-22/h3-9,11,13-14H,10,12,15-16H2,1-2H3,(H,26,30)/t25-/m0/s1. The summed E-state index contributed by atoms with van der Waals surface area (Å²) in [6.07, 6.45) is 0.956. The van der Waals surface area contributed by atoms with E-state index >= 15 is 0 Å². The van der Waals surface area contributed by atoms with Crippen LogP contribution in [0.5, 0.6) is 0 Å². The van der Waals surface area contributed by atoms with Crippen LogP contribution in [0, 0.1) is 13.8 Å². The van der Waals surface area contributed by atoms with Crippen molar-refractivity contribution in [2.24, 2.45) is 0 Å². The van der Waals surface area contributed by atoms with Crippen molar-refractivity contribution in [1.82, 2.24) is 15.1 Å². The average molecular weight is 432 g/mol. The second-order valence-corrected chi connectivity index (χ2v) is 9.39. The third kappa shape index (κ3) is 3.27. The highest BCUT2D eigenvalue weighted by Crippen LogP contribution is 2.37. The Morgan fingerprint density at radius 1 is 1.00 bits per heavy atom. The number of benzene rings is 2. The van der Waals surface area contributed by atoms with Crippen LogP contribution >= 0.6 is 11.3 Å². The highest BCUT2D eigenvalue weighted by molar-refractivity contribution is 7.10. The number of nitrogens with zero attached hydrogens (tertiary/aromatic N) is 2. The van der Waals surface area contributed by atoms with Gasteiger partial charge in [0.05, 0.1) is 6.67 Å². The van der Waals surface area contributed by atoms with E-state index in [0.717, 1.165) is 41.8 Å². The van der Waals surface area contributed by atoms with Gasteiger partial charge < -0.3 is 5.32 Å². The Morgan fingerprint density at radius 3 is 2.58 bits per heavy atom. The number of hydrogen-bond acceptors (Lipinski definition) is 4. The van der Waals surface area contributed by atoms with Gasteiger partial charge in [0.15, 0.2) is 5.54 Å². The first-order valence-electron chi connectivity index (χ1n) is 10.5. The SMILES string of the molecule is Cc1ccc([C@]2(c3ccccc3)NC(=O)N(CN3CCc4sccc4C3)C2=O)cc1C. The summed E-state index contributed by atoms with van der Waals surface area (Å²) in [6, 6.07) is 17.3. The molecule has 3 amide bonds. The Kier molecular flexibility index (Phi) is 4.91. The molecule has 0 bridgehead atoms. The smallest absolute Gasteiger partial charge is 0.315 e. The Morgan fingerprint density at radius 2 is 1.81 bits per heavy atom.